The summed E-state index contributed by atoms with van der Waals surface area (Å²) in [4.78, 5) is 8.72. The van der Waals surface area contributed by atoms with Gasteiger partial charge in [-0.25, -0.2) is 4.98 Å². The second kappa shape index (κ2) is 6.60. The number of nitrogens with two attached hydrogens (primary N) is 1. The fraction of sp³-hybridized carbons (Fsp3) is 0.333. The lowest BCUT2D eigenvalue weighted by Crippen LogP contribution is -2.36. The van der Waals surface area contributed by atoms with E-state index in [1.165, 1.54) is 0 Å². The smallest absolute Gasteiger partial charge is 0.187 e. The molecule has 0 aromatic carbocycles. The van der Waals surface area contributed by atoms with Crippen LogP contribution in [0.15, 0.2) is 42.9 Å². The van der Waals surface area contributed by atoms with Gasteiger partial charge in [-0.1, -0.05) is 0 Å². The van der Waals surface area contributed by atoms with E-state index in [-0.39, 0.29) is 6.04 Å². The van der Waals surface area contributed by atoms with Crippen LogP contribution in [0.4, 0.5) is 0 Å². The highest BCUT2D eigenvalue weighted by Crippen LogP contribution is 2.37. The molecule has 0 unspecified atom stereocenters. The summed E-state index contributed by atoms with van der Waals surface area (Å²) in [5.74, 6) is 2.68. The molecule has 3 heterocycles. The zero-order valence-electron chi connectivity index (χ0n) is 14.0. The molecule has 0 radical (unpaired) electrons. The van der Waals surface area contributed by atoms with Crippen LogP contribution in [0.2, 0.25) is 0 Å². The first-order chi connectivity index (χ1) is 12.3. The highest BCUT2D eigenvalue weighted by atomic mass is 16.5. The molecule has 3 aromatic rings. The minimum atomic E-state index is 0.246. The number of nitrogens with zero attached hydrogens (tertiary/aromatic N) is 5. The van der Waals surface area contributed by atoms with Crippen LogP contribution in [0.25, 0.3) is 17.2 Å². The summed E-state index contributed by atoms with van der Waals surface area (Å²) in [5.41, 5.74) is 7.63. The van der Waals surface area contributed by atoms with E-state index in [1.54, 1.807) is 12.4 Å². The molecule has 1 saturated carbocycles. The molecule has 0 aliphatic heterocycles. The molecule has 4 rings (SSSR count). The molecule has 3 aromatic heterocycles. The van der Waals surface area contributed by atoms with E-state index in [0.717, 1.165) is 35.8 Å². The Morgan fingerprint density at radius 2 is 2.08 bits per heavy atom. The van der Waals surface area contributed by atoms with Gasteiger partial charge in [-0.2, -0.15) is 0 Å². The Balaban J connectivity index is 1.77. The topological polar surface area (TPSA) is 91.7 Å². The van der Waals surface area contributed by atoms with Gasteiger partial charge in [0.25, 0.3) is 0 Å². The van der Waals surface area contributed by atoms with Crippen LogP contribution in [0.5, 0.6) is 5.75 Å². The van der Waals surface area contributed by atoms with Crippen molar-refractivity contribution in [2.24, 2.45) is 5.73 Å². The maximum atomic E-state index is 5.96. The molecule has 25 heavy (non-hydrogen) atoms. The Labute approximate surface area is 145 Å². The van der Waals surface area contributed by atoms with Gasteiger partial charge in [0.2, 0.25) is 0 Å². The predicted octanol–water partition coefficient (Wildman–Crippen LogP) is 2.33. The van der Waals surface area contributed by atoms with E-state index in [0.29, 0.717) is 18.3 Å². The van der Waals surface area contributed by atoms with Crippen molar-refractivity contribution < 1.29 is 4.74 Å². The van der Waals surface area contributed by atoms with Gasteiger partial charge in [-0.3, -0.25) is 9.55 Å². The van der Waals surface area contributed by atoms with Gasteiger partial charge in [0, 0.05) is 18.2 Å². The fourth-order valence-electron chi connectivity index (χ4n) is 3.10. The monoisotopic (exact) mass is 336 g/mol. The summed E-state index contributed by atoms with van der Waals surface area (Å²) in [7, 11) is 0. The van der Waals surface area contributed by atoms with Crippen molar-refractivity contribution >= 4 is 0 Å². The van der Waals surface area contributed by atoms with Gasteiger partial charge in [0.1, 0.15) is 17.3 Å². The molecule has 7 nitrogen and oxygen atoms in total. The van der Waals surface area contributed by atoms with Crippen molar-refractivity contribution in [1.82, 2.24) is 24.7 Å². The van der Waals surface area contributed by atoms with Gasteiger partial charge in [0.05, 0.1) is 24.7 Å². The SMILES string of the molecule is CCOc1ccc(-c2nnc(C3CC(N)C3)n2-c2cccnc2)nc1. The van der Waals surface area contributed by atoms with Crippen LogP contribution < -0.4 is 10.5 Å². The van der Waals surface area contributed by atoms with Crippen LogP contribution in [-0.2, 0) is 0 Å². The standard InChI is InChI=1S/C18H20N6O/c1-2-25-15-5-6-16(21-11-15)18-23-22-17(12-8-13(19)9-12)24(18)14-4-3-7-20-10-14/h3-7,10-13H,2,8-9,19H2,1H3. The number of rotatable bonds is 5. The average molecular weight is 336 g/mol. The maximum absolute atomic E-state index is 5.96. The number of ether oxygens (including phenoxy) is 1. The summed E-state index contributed by atoms with van der Waals surface area (Å²) in [6, 6.07) is 7.94. The second-order valence-corrected chi connectivity index (χ2v) is 6.17. The molecule has 7 heteroatoms. The zero-order chi connectivity index (χ0) is 17.2. The Morgan fingerprint density at radius 1 is 1.20 bits per heavy atom. The summed E-state index contributed by atoms with van der Waals surface area (Å²) >= 11 is 0. The lowest BCUT2D eigenvalue weighted by Gasteiger charge is -2.31. The minimum Gasteiger partial charge on any atom is -0.492 e. The van der Waals surface area contributed by atoms with Gasteiger partial charge < -0.3 is 10.5 Å². The first kappa shape index (κ1) is 15.7. The van der Waals surface area contributed by atoms with Gasteiger partial charge in [-0.05, 0) is 44.0 Å². The van der Waals surface area contributed by atoms with Gasteiger partial charge >= 0.3 is 0 Å². The van der Waals surface area contributed by atoms with Crippen molar-refractivity contribution in [3.63, 3.8) is 0 Å². The zero-order valence-corrected chi connectivity index (χ0v) is 14.0. The van der Waals surface area contributed by atoms with Crippen LogP contribution in [0, 0.1) is 0 Å². The summed E-state index contributed by atoms with van der Waals surface area (Å²) in [6.45, 7) is 2.56. The average Bonchev–Trinajstić information content (AvgIpc) is 3.05. The van der Waals surface area contributed by atoms with Crippen molar-refractivity contribution in [2.45, 2.75) is 31.7 Å². The molecule has 128 valence electrons. The Kier molecular flexibility index (Phi) is 4.15. The number of hydrogen-bond donors (Lipinski definition) is 1. The first-order valence-electron chi connectivity index (χ1n) is 8.46. The molecule has 0 spiro atoms. The van der Waals surface area contributed by atoms with E-state index >= 15 is 0 Å². The first-order valence-corrected chi connectivity index (χ1v) is 8.46. The molecule has 1 aliphatic carbocycles. The predicted molar refractivity (Wildman–Crippen MR) is 93.5 cm³/mol. The van der Waals surface area contributed by atoms with Crippen LogP contribution in [0.3, 0.4) is 0 Å². The van der Waals surface area contributed by atoms with Crippen molar-refractivity contribution in [3.05, 3.63) is 48.7 Å². The third-order valence-corrected chi connectivity index (χ3v) is 4.41. The van der Waals surface area contributed by atoms with E-state index in [9.17, 15) is 0 Å². The van der Waals surface area contributed by atoms with Crippen molar-refractivity contribution in [3.8, 4) is 23.0 Å². The molecule has 1 aliphatic rings. The Hall–Kier alpha value is -2.80. The molecular weight excluding hydrogens is 316 g/mol. The van der Waals surface area contributed by atoms with Crippen LogP contribution in [-0.4, -0.2) is 37.4 Å². The lowest BCUT2D eigenvalue weighted by molar-refractivity contribution is 0.335. The summed E-state index contributed by atoms with van der Waals surface area (Å²) < 4.78 is 7.50. The molecule has 0 amide bonds. The Bertz CT molecular complexity index is 840. The summed E-state index contributed by atoms with van der Waals surface area (Å²) in [6.07, 6.45) is 7.12. The molecule has 0 atom stereocenters. The van der Waals surface area contributed by atoms with E-state index in [2.05, 4.69) is 20.2 Å². The molecule has 0 saturated heterocycles. The fourth-order valence-corrected chi connectivity index (χ4v) is 3.10. The third kappa shape index (κ3) is 2.98. The number of pyridine rings is 2. The van der Waals surface area contributed by atoms with E-state index < -0.39 is 0 Å². The Morgan fingerprint density at radius 3 is 2.72 bits per heavy atom. The van der Waals surface area contributed by atoms with Crippen LogP contribution in [0.1, 0.15) is 31.5 Å². The normalized spacial score (nSPS) is 19.4. The number of aromatic nitrogens is 5. The molecule has 2 N–H and O–H groups in total. The molecular formula is C18H20N6O. The van der Waals surface area contributed by atoms with E-state index in [4.69, 9.17) is 10.5 Å². The van der Waals surface area contributed by atoms with Crippen LogP contribution >= 0.6 is 0 Å². The number of hydrogen-bond acceptors (Lipinski definition) is 6. The third-order valence-electron chi connectivity index (χ3n) is 4.41. The van der Waals surface area contributed by atoms with Gasteiger partial charge in [-0.15, -0.1) is 10.2 Å². The molecule has 0 bridgehead atoms. The quantitative estimate of drug-likeness (QED) is 0.769. The second-order valence-electron chi connectivity index (χ2n) is 6.17. The minimum absolute atomic E-state index is 0.246. The van der Waals surface area contributed by atoms with E-state index in [1.807, 2.05) is 42.0 Å². The highest BCUT2D eigenvalue weighted by molar-refractivity contribution is 5.55. The highest BCUT2D eigenvalue weighted by Gasteiger charge is 2.33. The summed E-state index contributed by atoms with van der Waals surface area (Å²) in [5, 5.41) is 8.85. The maximum Gasteiger partial charge on any atom is 0.187 e. The van der Waals surface area contributed by atoms with Crippen molar-refractivity contribution in [1.29, 1.82) is 0 Å². The molecule has 1 fully saturated rings. The lowest BCUT2D eigenvalue weighted by atomic mass is 9.80. The van der Waals surface area contributed by atoms with Gasteiger partial charge in [0.15, 0.2) is 5.82 Å². The van der Waals surface area contributed by atoms with Crippen molar-refractivity contribution in [2.75, 3.05) is 6.61 Å². The largest absolute Gasteiger partial charge is 0.492 e.